The number of benzene rings is 1. The van der Waals surface area contributed by atoms with Crippen LogP contribution in [0.2, 0.25) is 0 Å². The van der Waals surface area contributed by atoms with Crippen LogP contribution in [0.25, 0.3) is 11.0 Å². The molecule has 4 rings (SSSR count). The highest BCUT2D eigenvalue weighted by atomic mass is 16.5. The molecule has 8 nitrogen and oxygen atoms in total. The van der Waals surface area contributed by atoms with Crippen molar-refractivity contribution in [1.29, 1.82) is 0 Å². The van der Waals surface area contributed by atoms with E-state index in [4.69, 9.17) is 10.5 Å². The second kappa shape index (κ2) is 8.41. The summed E-state index contributed by atoms with van der Waals surface area (Å²) in [5.74, 6) is -0.543. The number of hydrogen-bond acceptors (Lipinski definition) is 6. The van der Waals surface area contributed by atoms with E-state index in [1.165, 1.54) is 6.20 Å². The van der Waals surface area contributed by atoms with Crippen LogP contribution < -0.4 is 11.1 Å². The third-order valence-electron chi connectivity index (χ3n) is 6.00. The maximum Gasteiger partial charge on any atom is 0.252 e. The summed E-state index contributed by atoms with van der Waals surface area (Å²) < 4.78 is 7.20. The molecule has 2 aromatic heterocycles. The Balaban J connectivity index is 1.87. The minimum absolute atomic E-state index is 0.133. The van der Waals surface area contributed by atoms with Gasteiger partial charge in [-0.05, 0) is 24.8 Å². The van der Waals surface area contributed by atoms with Gasteiger partial charge in [-0.2, -0.15) is 5.10 Å². The number of rotatable bonds is 7. The molecule has 1 fully saturated rings. The summed E-state index contributed by atoms with van der Waals surface area (Å²) in [4.78, 5) is 16.6. The Morgan fingerprint density at radius 3 is 2.67 bits per heavy atom. The predicted molar refractivity (Wildman–Crippen MR) is 114 cm³/mol. The topological polar surface area (TPSA) is 115 Å². The van der Waals surface area contributed by atoms with Crippen molar-refractivity contribution in [3.8, 4) is 0 Å². The van der Waals surface area contributed by atoms with E-state index in [1.807, 2.05) is 37.3 Å². The van der Waals surface area contributed by atoms with Crippen molar-refractivity contribution in [2.75, 3.05) is 25.1 Å². The molecule has 158 valence electrons. The van der Waals surface area contributed by atoms with Crippen molar-refractivity contribution in [3.63, 3.8) is 0 Å². The average Bonchev–Trinajstić information content (AvgIpc) is 3.22. The summed E-state index contributed by atoms with van der Waals surface area (Å²) in [5, 5.41) is 19.2. The van der Waals surface area contributed by atoms with Gasteiger partial charge in [0, 0.05) is 25.5 Å². The standard InChI is InChI=1S/C22H27N5O3/c1-2-22(14-28,15-6-4-3-5-7-15)27-21-18(13-25-27)19(17(12-24-21)20(23)29)26-16-8-10-30-11-9-16/h3-7,12-13,16,28H,2,8-11,14H2,1H3,(H2,23,29)(H,24,26). The van der Waals surface area contributed by atoms with Gasteiger partial charge in [-0.15, -0.1) is 0 Å². The molecule has 0 bridgehead atoms. The van der Waals surface area contributed by atoms with Gasteiger partial charge in [0.2, 0.25) is 0 Å². The molecule has 3 heterocycles. The van der Waals surface area contributed by atoms with Crippen LogP contribution in [-0.2, 0) is 10.3 Å². The number of aliphatic hydroxyl groups is 1. The van der Waals surface area contributed by atoms with E-state index in [2.05, 4.69) is 15.4 Å². The first kappa shape index (κ1) is 20.3. The minimum atomic E-state index is -0.764. The molecular weight excluding hydrogens is 382 g/mol. The molecule has 0 aliphatic carbocycles. The average molecular weight is 409 g/mol. The second-order valence-electron chi connectivity index (χ2n) is 7.65. The van der Waals surface area contributed by atoms with Crippen LogP contribution >= 0.6 is 0 Å². The molecule has 1 aliphatic rings. The quantitative estimate of drug-likeness (QED) is 0.551. The summed E-state index contributed by atoms with van der Waals surface area (Å²) >= 11 is 0. The molecule has 1 aliphatic heterocycles. The highest BCUT2D eigenvalue weighted by Crippen LogP contribution is 2.35. The Labute approximate surface area is 175 Å². The van der Waals surface area contributed by atoms with Gasteiger partial charge in [-0.1, -0.05) is 37.3 Å². The summed E-state index contributed by atoms with van der Waals surface area (Å²) in [6.45, 7) is 3.23. The third-order valence-corrected chi connectivity index (χ3v) is 6.00. The molecule has 0 spiro atoms. The first-order valence-electron chi connectivity index (χ1n) is 10.3. The smallest absolute Gasteiger partial charge is 0.252 e. The number of nitrogens with one attached hydrogen (secondary N) is 1. The van der Waals surface area contributed by atoms with Gasteiger partial charge in [0.15, 0.2) is 5.65 Å². The monoisotopic (exact) mass is 409 g/mol. The molecule has 1 amide bonds. The molecular formula is C22H27N5O3. The number of amides is 1. The number of fused-ring (bicyclic) bond motifs is 1. The zero-order chi connectivity index (χ0) is 21.1. The Hall–Kier alpha value is -2.97. The lowest BCUT2D eigenvalue weighted by Gasteiger charge is -2.32. The number of aliphatic hydroxyl groups excluding tert-OH is 1. The van der Waals surface area contributed by atoms with E-state index in [0.29, 0.717) is 41.9 Å². The van der Waals surface area contributed by atoms with Gasteiger partial charge in [0.25, 0.3) is 5.91 Å². The fourth-order valence-corrected chi connectivity index (χ4v) is 4.17. The largest absolute Gasteiger partial charge is 0.393 e. The molecule has 0 radical (unpaired) electrons. The Morgan fingerprint density at radius 2 is 2.03 bits per heavy atom. The van der Waals surface area contributed by atoms with Crippen LogP contribution in [0.5, 0.6) is 0 Å². The number of hydrogen-bond donors (Lipinski definition) is 3. The van der Waals surface area contributed by atoms with Crippen LogP contribution in [0.15, 0.2) is 42.7 Å². The summed E-state index contributed by atoms with van der Waals surface area (Å²) in [6.07, 6.45) is 5.49. The van der Waals surface area contributed by atoms with Gasteiger partial charge in [0.05, 0.1) is 29.4 Å². The lowest BCUT2D eigenvalue weighted by Crippen LogP contribution is -2.39. The number of ether oxygens (including phenoxy) is 1. The molecule has 1 atom stereocenters. The summed E-state index contributed by atoms with van der Waals surface area (Å²) in [6, 6.07) is 9.96. The number of primary amides is 1. The predicted octanol–water partition coefficient (Wildman–Crippen LogP) is 2.27. The van der Waals surface area contributed by atoms with Crippen LogP contribution in [0.1, 0.15) is 42.1 Å². The van der Waals surface area contributed by atoms with Crippen LogP contribution in [-0.4, -0.2) is 51.6 Å². The number of carbonyl (C=O) groups is 1. The molecule has 0 saturated carbocycles. The van der Waals surface area contributed by atoms with E-state index in [-0.39, 0.29) is 12.6 Å². The fourth-order valence-electron chi connectivity index (χ4n) is 4.17. The molecule has 3 aromatic rings. The molecule has 30 heavy (non-hydrogen) atoms. The van der Waals surface area contributed by atoms with Gasteiger partial charge >= 0.3 is 0 Å². The van der Waals surface area contributed by atoms with Gasteiger partial charge in [-0.3, -0.25) is 4.79 Å². The normalized spacial score (nSPS) is 17.0. The highest BCUT2D eigenvalue weighted by Gasteiger charge is 2.35. The summed E-state index contributed by atoms with van der Waals surface area (Å²) in [5.41, 5.74) is 7.38. The second-order valence-corrected chi connectivity index (χ2v) is 7.65. The summed E-state index contributed by atoms with van der Waals surface area (Å²) in [7, 11) is 0. The minimum Gasteiger partial charge on any atom is -0.393 e. The van der Waals surface area contributed by atoms with Crippen molar-refractivity contribution < 1.29 is 14.6 Å². The van der Waals surface area contributed by atoms with E-state index in [0.717, 1.165) is 18.4 Å². The van der Waals surface area contributed by atoms with Gasteiger partial charge in [0.1, 0.15) is 5.54 Å². The van der Waals surface area contributed by atoms with Gasteiger partial charge < -0.3 is 20.9 Å². The molecule has 1 saturated heterocycles. The number of nitrogens with two attached hydrogens (primary N) is 1. The van der Waals surface area contributed by atoms with E-state index < -0.39 is 11.4 Å². The van der Waals surface area contributed by atoms with E-state index >= 15 is 0 Å². The van der Waals surface area contributed by atoms with E-state index in [9.17, 15) is 9.90 Å². The Kier molecular flexibility index (Phi) is 5.69. The van der Waals surface area contributed by atoms with Crippen molar-refractivity contribution in [3.05, 3.63) is 53.9 Å². The van der Waals surface area contributed by atoms with Crippen LogP contribution in [0.3, 0.4) is 0 Å². The lowest BCUT2D eigenvalue weighted by molar-refractivity contribution is 0.0904. The SMILES string of the molecule is CCC(CO)(c1ccccc1)n1ncc2c(NC3CCOCC3)c(C(N)=O)cnc21. The zero-order valence-electron chi connectivity index (χ0n) is 17.0. The Morgan fingerprint density at radius 1 is 1.30 bits per heavy atom. The van der Waals surface area contributed by atoms with Crippen molar-refractivity contribution in [2.24, 2.45) is 5.73 Å². The molecule has 4 N–H and O–H groups in total. The lowest BCUT2D eigenvalue weighted by atomic mass is 9.88. The number of nitrogens with zero attached hydrogens (tertiary/aromatic N) is 3. The van der Waals surface area contributed by atoms with Crippen molar-refractivity contribution in [1.82, 2.24) is 14.8 Å². The zero-order valence-corrected chi connectivity index (χ0v) is 17.0. The maximum absolute atomic E-state index is 12.1. The number of aromatic nitrogens is 3. The van der Waals surface area contributed by atoms with Crippen LogP contribution in [0, 0.1) is 0 Å². The van der Waals surface area contributed by atoms with Gasteiger partial charge in [-0.25, -0.2) is 9.67 Å². The number of carbonyl (C=O) groups excluding carboxylic acids is 1. The third kappa shape index (κ3) is 3.42. The first-order chi connectivity index (χ1) is 14.6. The van der Waals surface area contributed by atoms with Crippen molar-refractivity contribution in [2.45, 2.75) is 37.8 Å². The highest BCUT2D eigenvalue weighted by molar-refractivity contribution is 6.05. The first-order valence-corrected chi connectivity index (χ1v) is 10.3. The van der Waals surface area contributed by atoms with Crippen LogP contribution in [0.4, 0.5) is 5.69 Å². The maximum atomic E-state index is 12.1. The molecule has 1 unspecified atom stereocenters. The molecule has 1 aromatic carbocycles. The number of pyridine rings is 1. The van der Waals surface area contributed by atoms with E-state index in [1.54, 1.807) is 10.9 Å². The number of anilines is 1. The molecule has 8 heteroatoms. The fraction of sp³-hybridized carbons (Fsp3) is 0.409. The Bertz CT molecular complexity index is 1020. The van der Waals surface area contributed by atoms with Crippen molar-refractivity contribution >= 4 is 22.6 Å².